The molecule has 0 aromatic heterocycles. The van der Waals surface area contributed by atoms with E-state index in [1.807, 2.05) is 30.3 Å². The standard InChI is InChI=1S/C33H31NO2/c1-2-31(35)34-24-12-13-25-36-30-22-20-29(21-23-30)33(28-18-10-5-11-19-28)32(26-14-6-3-7-15-26)27-16-8-4-9-17-27/h2-11,14-23H,1,12-13,24-25H2,(H,34,35). The number of amides is 1. The molecule has 0 aliphatic carbocycles. The lowest BCUT2D eigenvalue weighted by Crippen LogP contribution is -2.22. The Morgan fingerprint density at radius 2 is 1.08 bits per heavy atom. The van der Waals surface area contributed by atoms with E-state index in [1.54, 1.807) is 0 Å². The van der Waals surface area contributed by atoms with E-state index in [-0.39, 0.29) is 5.91 Å². The number of unbranched alkanes of at least 4 members (excludes halogenated alkanes) is 1. The van der Waals surface area contributed by atoms with Crippen LogP contribution < -0.4 is 10.1 Å². The Bertz CT molecular complexity index is 1240. The van der Waals surface area contributed by atoms with E-state index in [9.17, 15) is 4.79 Å². The Hall–Kier alpha value is -4.37. The summed E-state index contributed by atoms with van der Waals surface area (Å²) in [4.78, 5) is 11.2. The highest BCUT2D eigenvalue weighted by atomic mass is 16.5. The van der Waals surface area contributed by atoms with E-state index in [0.717, 1.165) is 29.7 Å². The van der Waals surface area contributed by atoms with Crippen molar-refractivity contribution in [1.82, 2.24) is 5.32 Å². The van der Waals surface area contributed by atoms with Crippen molar-refractivity contribution in [2.24, 2.45) is 0 Å². The van der Waals surface area contributed by atoms with Crippen LogP contribution in [0.5, 0.6) is 5.75 Å². The molecule has 36 heavy (non-hydrogen) atoms. The number of carbonyl (C=O) groups is 1. The number of benzene rings is 4. The van der Waals surface area contributed by atoms with Crippen molar-refractivity contribution in [3.8, 4) is 5.75 Å². The summed E-state index contributed by atoms with van der Waals surface area (Å²) in [6.45, 7) is 4.69. The zero-order valence-electron chi connectivity index (χ0n) is 20.4. The monoisotopic (exact) mass is 473 g/mol. The van der Waals surface area contributed by atoms with Crippen molar-refractivity contribution < 1.29 is 9.53 Å². The van der Waals surface area contributed by atoms with Gasteiger partial charge < -0.3 is 10.1 Å². The Kier molecular flexibility index (Phi) is 8.88. The normalized spacial score (nSPS) is 10.3. The third-order valence-corrected chi connectivity index (χ3v) is 5.90. The molecule has 4 rings (SSSR count). The molecule has 0 saturated carbocycles. The minimum Gasteiger partial charge on any atom is -0.494 e. The first-order chi connectivity index (χ1) is 17.8. The molecular weight excluding hydrogens is 442 g/mol. The van der Waals surface area contributed by atoms with Gasteiger partial charge in [-0.3, -0.25) is 4.79 Å². The molecule has 1 amide bonds. The van der Waals surface area contributed by atoms with Crippen LogP contribution in [-0.2, 0) is 4.79 Å². The van der Waals surface area contributed by atoms with Crippen LogP contribution >= 0.6 is 0 Å². The van der Waals surface area contributed by atoms with E-state index in [0.29, 0.717) is 13.2 Å². The van der Waals surface area contributed by atoms with Crippen molar-refractivity contribution in [2.75, 3.05) is 13.2 Å². The van der Waals surface area contributed by atoms with Gasteiger partial charge in [-0.2, -0.15) is 0 Å². The summed E-state index contributed by atoms with van der Waals surface area (Å²) >= 11 is 0. The molecule has 0 radical (unpaired) electrons. The van der Waals surface area contributed by atoms with Crippen LogP contribution in [0.15, 0.2) is 128 Å². The summed E-state index contributed by atoms with van der Waals surface area (Å²) in [7, 11) is 0. The highest BCUT2D eigenvalue weighted by molar-refractivity contribution is 6.04. The summed E-state index contributed by atoms with van der Waals surface area (Å²) in [5, 5.41) is 2.79. The number of carbonyl (C=O) groups excluding carboxylic acids is 1. The largest absolute Gasteiger partial charge is 0.494 e. The second-order valence-corrected chi connectivity index (χ2v) is 8.42. The molecule has 0 unspecified atom stereocenters. The van der Waals surface area contributed by atoms with Crippen molar-refractivity contribution >= 4 is 17.1 Å². The molecular formula is C33H31NO2. The molecule has 0 aliphatic rings. The minimum absolute atomic E-state index is 0.140. The van der Waals surface area contributed by atoms with Crippen LogP contribution in [0.1, 0.15) is 35.1 Å². The highest BCUT2D eigenvalue weighted by Crippen LogP contribution is 2.37. The van der Waals surface area contributed by atoms with E-state index >= 15 is 0 Å². The first-order valence-electron chi connectivity index (χ1n) is 12.3. The summed E-state index contributed by atoms with van der Waals surface area (Å²) in [6.07, 6.45) is 3.01. The third-order valence-electron chi connectivity index (χ3n) is 5.90. The lowest BCUT2D eigenvalue weighted by Gasteiger charge is -2.18. The average Bonchev–Trinajstić information content (AvgIpc) is 2.95. The molecule has 0 fully saturated rings. The van der Waals surface area contributed by atoms with Crippen LogP contribution in [0.25, 0.3) is 11.1 Å². The maximum absolute atomic E-state index is 11.2. The predicted octanol–water partition coefficient (Wildman–Crippen LogP) is 7.16. The smallest absolute Gasteiger partial charge is 0.243 e. The zero-order valence-corrected chi connectivity index (χ0v) is 20.4. The van der Waals surface area contributed by atoms with Gasteiger partial charge >= 0.3 is 0 Å². The molecule has 3 nitrogen and oxygen atoms in total. The van der Waals surface area contributed by atoms with Crippen LogP contribution in [0.3, 0.4) is 0 Å². The molecule has 0 aliphatic heterocycles. The van der Waals surface area contributed by atoms with E-state index in [1.165, 1.54) is 28.3 Å². The quantitative estimate of drug-likeness (QED) is 0.143. The lowest BCUT2D eigenvalue weighted by molar-refractivity contribution is -0.116. The fourth-order valence-electron chi connectivity index (χ4n) is 4.14. The first kappa shape index (κ1) is 24.7. The molecule has 4 aromatic carbocycles. The summed E-state index contributed by atoms with van der Waals surface area (Å²) < 4.78 is 5.96. The van der Waals surface area contributed by atoms with Gasteiger partial charge in [0.05, 0.1) is 6.61 Å². The molecule has 0 bridgehead atoms. The number of hydrogen-bond donors (Lipinski definition) is 1. The van der Waals surface area contributed by atoms with Gasteiger partial charge in [0.1, 0.15) is 5.75 Å². The average molecular weight is 474 g/mol. The van der Waals surface area contributed by atoms with Gasteiger partial charge in [0.2, 0.25) is 5.91 Å². The number of ether oxygens (including phenoxy) is 1. The van der Waals surface area contributed by atoms with Crippen LogP contribution in [0, 0.1) is 0 Å². The highest BCUT2D eigenvalue weighted by Gasteiger charge is 2.16. The summed E-state index contributed by atoms with van der Waals surface area (Å²) in [5.74, 6) is 0.696. The van der Waals surface area contributed by atoms with Crippen LogP contribution in [0.4, 0.5) is 0 Å². The van der Waals surface area contributed by atoms with E-state index in [2.05, 4.69) is 96.8 Å². The molecule has 1 N–H and O–H groups in total. The predicted molar refractivity (Wildman–Crippen MR) is 149 cm³/mol. The molecule has 0 atom stereocenters. The van der Waals surface area contributed by atoms with E-state index in [4.69, 9.17) is 4.74 Å². The Morgan fingerprint density at radius 1 is 0.639 bits per heavy atom. The fourth-order valence-corrected chi connectivity index (χ4v) is 4.14. The summed E-state index contributed by atoms with van der Waals surface area (Å²) in [5.41, 5.74) is 7.01. The van der Waals surface area contributed by atoms with Gasteiger partial charge in [0.15, 0.2) is 0 Å². The van der Waals surface area contributed by atoms with Crippen molar-refractivity contribution in [2.45, 2.75) is 12.8 Å². The van der Waals surface area contributed by atoms with Gasteiger partial charge in [0, 0.05) is 6.54 Å². The van der Waals surface area contributed by atoms with Gasteiger partial charge in [-0.05, 0) is 64.5 Å². The number of nitrogens with one attached hydrogen (secondary N) is 1. The molecule has 0 saturated heterocycles. The molecule has 3 heteroatoms. The molecule has 180 valence electrons. The SMILES string of the molecule is C=CC(=O)NCCCCOc1ccc(C(=C(c2ccccc2)c2ccccc2)c2ccccc2)cc1. The van der Waals surface area contributed by atoms with Crippen LogP contribution in [-0.4, -0.2) is 19.1 Å². The molecule has 4 aromatic rings. The number of hydrogen-bond acceptors (Lipinski definition) is 2. The third kappa shape index (κ3) is 6.61. The number of rotatable bonds is 11. The topological polar surface area (TPSA) is 38.3 Å². The fraction of sp³-hybridized carbons (Fsp3) is 0.121. The van der Waals surface area contributed by atoms with Crippen molar-refractivity contribution in [3.05, 3.63) is 150 Å². The Morgan fingerprint density at radius 3 is 1.53 bits per heavy atom. The zero-order chi connectivity index (χ0) is 25.0. The maximum Gasteiger partial charge on any atom is 0.243 e. The lowest BCUT2D eigenvalue weighted by atomic mass is 9.86. The Labute approximate surface area is 213 Å². The summed E-state index contributed by atoms with van der Waals surface area (Å²) in [6, 6.07) is 40.0. The minimum atomic E-state index is -0.140. The van der Waals surface area contributed by atoms with Crippen molar-refractivity contribution in [3.63, 3.8) is 0 Å². The van der Waals surface area contributed by atoms with E-state index < -0.39 is 0 Å². The van der Waals surface area contributed by atoms with Gasteiger partial charge in [-0.15, -0.1) is 0 Å². The maximum atomic E-state index is 11.2. The molecule has 0 spiro atoms. The second-order valence-electron chi connectivity index (χ2n) is 8.42. The van der Waals surface area contributed by atoms with Gasteiger partial charge in [0.25, 0.3) is 0 Å². The Balaban J connectivity index is 1.63. The first-order valence-corrected chi connectivity index (χ1v) is 12.3. The second kappa shape index (κ2) is 12.9. The molecule has 0 heterocycles. The van der Waals surface area contributed by atoms with Crippen LogP contribution in [0.2, 0.25) is 0 Å². The van der Waals surface area contributed by atoms with Gasteiger partial charge in [-0.1, -0.05) is 110 Å². The van der Waals surface area contributed by atoms with Crippen molar-refractivity contribution in [1.29, 1.82) is 0 Å². The van der Waals surface area contributed by atoms with Gasteiger partial charge in [-0.25, -0.2) is 0 Å².